The Kier molecular flexibility index (Phi) is 6.48. The molecule has 0 aliphatic rings. The monoisotopic (exact) mass is 296 g/mol. The standard InChI is InChI=1S/C6H12N6O4S2/c1-2-3-4-5-6(17(13,14)11-9-7)18(15,16)12-10-8/h6H,2-5H2,1H3. The molecule has 0 aliphatic carbocycles. The number of rotatable bonds is 8. The van der Waals surface area contributed by atoms with Crippen LogP contribution in [0.4, 0.5) is 0 Å². The molecule has 0 rings (SSSR count). The van der Waals surface area contributed by atoms with Crippen molar-refractivity contribution in [3.63, 3.8) is 0 Å². The molecule has 0 aromatic rings. The fraction of sp³-hybridized carbons (Fsp3) is 1.00. The van der Waals surface area contributed by atoms with Crippen LogP contribution in [0.2, 0.25) is 0 Å². The van der Waals surface area contributed by atoms with E-state index < -0.39 is 24.6 Å². The molecule has 0 atom stereocenters. The lowest BCUT2D eigenvalue weighted by Crippen LogP contribution is -2.27. The maximum Gasteiger partial charge on any atom is 0.253 e. The van der Waals surface area contributed by atoms with Gasteiger partial charge in [-0.1, -0.05) is 26.2 Å². The van der Waals surface area contributed by atoms with Gasteiger partial charge in [-0.25, -0.2) is 16.8 Å². The average molecular weight is 296 g/mol. The summed E-state index contributed by atoms with van der Waals surface area (Å²) in [4.78, 5) is 4.14. The zero-order valence-electron chi connectivity index (χ0n) is 9.54. The molecule has 102 valence electrons. The van der Waals surface area contributed by atoms with Gasteiger partial charge in [0.25, 0.3) is 20.0 Å². The molecular formula is C6H12N6O4S2. The summed E-state index contributed by atoms with van der Waals surface area (Å²) in [5.41, 5.74) is 16.2. The Morgan fingerprint density at radius 3 is 1.78 bits per heavy atom. The van der Waals surface area contributed by atoms with E-state index in [1.54, 1.807) is 0 Å². The smallest absolute Gasteiger partial charge is 0.220 e. The number of sulfonamides is 2. The molecule has 0 fully saturated rings. The number of hydrogen-bond donors (Lipinski definition) is 0. The molecule has 0 aromatic heterocycles. The van der Waals surface area contributed by atoms with Gasteiger partial charge in [0.15, 0.2) is 4.58 Å². The van der Waals surface area contributed by atoms with Crippen LogP contribution in [-0.2, 0) is 20.0 Å². The first-order valence-electron chi connectivity index (χ1n) is 4.92. The van der Waals surface area contributed by atoms with E-state index in [1.165, 1.54) is 0 Å². The Hall–Kier alpha value is -1.48. The third kappa shape index (κ3) is 4.80. The fourth-order valence-electron chi connectivity index (χ4n) is 1.22. The number of unbranched alkanes of at least 4 members (excludes halogenated alkanes) is 2. The van der Waals surface area contributed by atoms with E-state index in [-0.39, 0.29) is 6.42 Å². The van der Waals surface area contributed by atoms with Crippen LogP contribution >= 0.6 is 0 Å². The first-order chi connectivity index (χ1) is 8.31. The lowest BCUT2D eigenvalue weighted by Gasteiger charge is -2.11. The van der Waals surface area contributed by atoms with Crippen molar-refractivity contribution in [3.05, 3.63) is 20.9 Å². The third-order valence-corrected chi connectivity index (χ3v) is 5.87. The quantitative estimate of drug-likeness (QED) is 0.290. The van der Waals surface area contributed by atoms with E-state index >= 15 is 0 Å². The van der Waals surface area contributed by atoms with E-state index in [4.69, 9.17) is 11.1 Å². The Morgan fingerprint density at radius 1 is 1.00 bits per heavy atom. The van der Waals surface area contributed by atoms with Crippen LogP contribution < -0.4 is 0 Å². The highest BCUT2D eigenvalue weighted by atomic mass is 32.3. The van der Waals surface area contributed by atoms with E-state index in [0.717, 1.165) is 6.42 Å². The van der Waals surface area contributed by atoms with Gasteiger partial charge in [-0.2, -0.15) is 0 Å². The van der Waals surface area contributed by atoms with Crippen molar-refractivity contribution in [1.82, 2.24) is 0 Å². The first kappa shape index (κ1) is 16.5. The van der Waals surface area contributed by atoms with Gasteiger partial charge in [-0.15, -0.1) is 0 Å². The molecule has 0 saturated carbocycles. The van der Waals surface area contributed by atoms with Gasteiger partial charge in [-0.05, 0) is 17.5 Å². The molecular weight excluding hydrogens is 284 g/mol. The Morgan fingerprint density at radius 2 is 1.44 bits per heavy atom. The maximum absolute atomic E-state index is 11.5. The Balaban J connectivity index is 5.45. The Labute approximate surface area is 104 Å². The van der Waals surface area contributed by atoms with Gasteiger partial charge in [0.1, 0.15) is 0 Å². The second-order valence-corrected chi connectivity index (χ2v) is 7.12. The fourth-order valence-corrected chi connectivity index (χ4v) is 4.02. The molecule has 0 radical (unpaired) electrons. The van der Waals surface area contributed by atoms with E-state index in [2.05, 4.69) is 18.9 Å². The zero-order valence-corrected chi connectivity index (χ0v) is 11.2. The molecule has 0 unspecified atom stereocenters. The second-order valence-electron chi connectivity index (χ2n) is 3.30. The molecule has 0 spiro atoms. The summed E-state index contributed by atoms with van der Waals surface area (Å²) in [5.74, 6) is 0. The zero-order chi connectivity index (χ0) is 14.2. The summed E-state index contributed by atoms with van der Waals surface area (Å²) in [5, 5.41) is 0. The number of nitrogens with zero attached hydrogens (tertiary/aromatic N) is 6. The Bertz CT molecular complexity index is 521. The molecule has 0 bridgehead atoms. The molecule has 0 heterocycles. The predicted octanol–water partition coefficient (Wildman–Crippen LogP) is 2.17. The van der Waals surface area contributed by atoms with Crippen molar-refractivity contribution in [2.24, 2.45) is 9.04 Å². The molecule has 0 aromatic carbocycles. The van der Waals surface area contributed by atoms with Gasteiger partial charge in [-0.3, -0.25) is 0 Å². The van der Waals surface area contributed by atoms with Gasteiger partial charge < -0.3 is 0 Å². The molecule has 18 heavy (non-hydrogen) atoms. The summed E-state index contributed by atoms with van der Waals surface area (Å²) in [6, 6.07) is 0. The molecule has 12 heteroatoms. The van der Waals surface area contributed by atoms with Crippen molar-refractivity contribution in [2.45, 2.75) is 37.2 Å². The third-order valence-electron chi connectivity index (χ3n) is 2.01. The summed E-state index contributed by atoms with van der Waals surface area (Å²) in [7, 11) is -9.15. The van der Waals surface area contributed by atoms with Crippen LogP contribution in [0.1, 0.15) is 32.6 Å². The van der Waals surface area contributed by atoms with Crippen molar-refractivity contribution in [3.8, 4) is 0 Å². The van der Waals surface area contributed by atoms with Crippen molar-refractivity contribution >= 4 is 20.0 Å². The van der Waals surface area contributed by atoms with Gasteiger partial charge in [0, 0.05) is 18.9 Å². The summed E-state index contributed by atoms with van der Waals surface area (Å²) >= 11 is 0. The van der Waals surface area contributed by atoms with Gasteiger partial charge in [0.05, 0.1) is 0 Å². The topological polar surface area (TPSA) is 166 Å². The normalized spacial score (nSPS) is 13.2. The minimum Gasteiger partial charge on any atom is -0.220 e. The summed E-state index contributed by atoms with van der Waals surface area (Å²) in [6.45, 7) is 1.85. The first-order valence-corrected chi connectivity index (χ1v) is 7.93. The van der Waals surface area contributed by atoms with Crippen LogP contribution in [0.25, 0.3) is 20.9 Å². The summed E-state index contributed by atoms with van der Waals surface area (Å²) in [6.07, 6.45) is 1.36. The van der Waals surface area contributed by atoms with Crippen molar-refractivity contribution < 1.29 is 16.8 Å². The van der Waals surface area contributed by atoms with Crippen LogP contribution in [0.15, 0.2) is 9.04 Å². The summed E-state index contributed by atoms with van der Waals surface area (Å²) < 4.78 is 48.8. The molecule has 0 amide bonds. The molecule has 0 saturated heterocycles. The highest BCUT2D eigenvalue weighted by molar-refractivity contribution is 8.07. The minimum atomic E-state index is -4.58. The van der Waals surface area contributed by atoms with Crippen molar-refractivity contribution in [1.29, 1.82) is 0 Å². The van der Waals surface area contributed by atoms with E-state index in [1.807, 2.05) is 6.92 Å². The van der Waals surface area contributed by atoms with Gasteiger partial charge >= 0.3 is 0 Å². The van der Waals surface area contributed by atoms with E-state index in [9.17, 15) is 16.8 Å². The SMILES string of the molecule is CCCCCC(S(=O)(=O)N=[N+]=[N-])S(=O)(=O)N=[N+]=[N-]. The second kappa shape index (κ2) is 7.07. The minimum absolute atomic E-state index is 0.281. The van der Waals surface area contributed by atoms with E-state index in [0.29, 0.717) is 12.8 Å². The maximum atomic E-state index is 11.5. The molecule has 0 N–H and O–H groups in total. The highest BCUT2D eigenvalue weighted by Crippen LogP contribution is 2.21. The van der Waals surface area contributed by atoms with Crippen LogP contribution in [0.3, 0.4) is 0 Å². The van der Waals surface area contributed by atoms with Crippen LogP contribution in [-0.4, -0.2) is 21.4 Å². The molecule has 0 aliphatic heterocycles. The average Bonchev–Trinajstić information content (AvgIpc) is 2.23. The largest absolute Gasteiger partial charge is 0.253 e. The lowest BCUT2D eigenvalue weighted by atomic mass is 10.2. The molecule has 10 nitrogen and oxygen atoms in total. The number of azide groups is 2. The van der Waals surface area contributed by atoms with Gasteiger partial charge in [0.2, 0.25) is 0 Å². The predicted molar refractivity (Wildman–Crippen MR) is 64.1 cm³/mol. The highest BCUT2D eigenvalue weighted by Gasteiger charge is 2.36. The van der Waals surface area contributed by atoms with Crippen LogP contribution in [0, 0.1) is 0 Å². The lowest BCUT2D eigenvalue weighted by molar-refractivity contribution is 0.562. The van der Waals surface area contributed by atoms with Crippen molar-refractivity contribution in [2.75, 3.05) is 0 Å². The van der Waals surface area contributed by atoms with Crippen LogP contribution in [0.5, 0.6) is 0 Å². The number of hydrogen-bond acceptors (Lipinski definition) is 4.